The monoisotopic (exact) mass is 216 g/mol. The lowest BCUT2D eigenvalue weighted by Gasteiger charge is -2.25. The fourth-order valence-electron chi connectivity index (χ4n) is 1.83. The molecule has 0 saturated carbocycles. The predicted molar refractivity (Wildman–Crippen MR) is 66.2 cm³/mol. The van der Waals surface area contributed by atoms with Crippen molar-refractivity contribution in [2.24, 2.45) is 0 Å². The molecule has 0 aromatic heterocycles. The number of aliphatic hydroxyl groups excluding tert-OH is 1. The summed E-state index contributed by atoms with van der Waals surface area (Å²) in [7, 11) is 2.07. The van der Waals surface area contributed by atoms with E-state index < -0.39 is 0 Å². The SMILES string of the molecule is CC.CN(CCO)CCC1CCCCN1. The Morgan fingerprint density at radius 1 is 1.27 bits per heavy atom. The van der Waals surface area contributed by atoms with Crippen molar-refractivity contribution in [3.8, 4) is 0 Å². The van der Waals surface area contributed by atoms with Crippen LogP contribution in [0.5, 0.6) is 0 Å². The van der Waals surface area contributed by atoms with Crippen LogP contribution in [-0.4, -0.2) is 49.3 Å². The number of nitrogens with one attached hydrogen (secondary N) is 1. The Labute approximate surface area is 94.9 Å². The van der Waals surface area contributed by atoms with Crippen LogP contribution in [0.2, 0.25) is 0 Å². The third-order valence-electron chi connectivity index (χ3n) is 2.75. The van der Waals surface area contributed by atoms with Gasteiger partial charge in [-0.1, -0.05) is 20.3 Å². The maximum atomic E-state index is 8.72. The molecule has 15 heavy (non-hydrogen) atoms. The van der Waals surface area contributed by atoms with Crippen LogP contribution in [0.15, 0.2) is 0 Å². The van der Waals surface area contributed by atoms with Gasteiger partial charge in [-0.05, 0) is 39.4 Å². The molecule has 0 spiro atoms. The smallest absolute Gasteiger partial charge is 0.0558 e. The fraction of sp³-hybridized carbons (Fsp3) is 1.00. The van der Waals surface area contributed by atoms with Gasteiger partial charge in [0, 0.05) is 12.6 Å². The summed E-state index contributed by atoms with van der Waals surface area (Å²) in [5.41, 5.74) is 0. The Kier molecular flexibility index (Phi) is 10.3. The molecule has 2 N–H and O–H groups in total. The van der Waals surface area contributed by atoms with Crippen LogP contribution >= 0.6 is 0 Å². The third-order valence-corrected chi connectivity index (χ3v) is 2.75. The fourth-order valence-corrected chi connectivity index (χ4v) is 1.83. The average molecular weight is 216 g/mol. The Balaban J connectivity index is 0.000000921. The molecular weight excluding hydrogens is 188 g/mol. The maximum absolute atomic E-state index is 8.72. The van der Waals surface area contributed by atoms with Gasteiger partial charge in [-0.3, -0.25) is 0 Å². The Bertz CT molecular complexity index is 125. The molecule has 1 fully saturated rings. The van der Waals surface area contributed by atoms with Crippen LogP contribution < -0.4 is 5.32 Å². The first-order valence-electron chi connectivity index (χ1n) is 6.35. The highest BCUT2D eigenvalue weighted by molar-refractivity contribution is 4.72. The van der Waals surface area contributed by atoms with E-state index in [9.17, 15) is 0 Å². The second-order valence-electron chi connectivity index (χ2n) is 3.96. The molecule has 1 unspecified atom stereocenters. The highest BCUT2D eigenvalue weighted by atomic mass is 16.3. The summed E-state index contributed by atoms with van der Waals surface area (Å²) < 4.78 is 0. The molecule has 1 rings (SSSR count). The van der Waals surface area contributed by atoms with E-state index in [-0.39, 0.29) is 6.61 Å². The minimum Gasteiger partial charge on any atom is -0.395 e. The number of rotatable bonds is 5. The minimum atomic E-state index is 0.272. The maximum Gasteiger partial charge on any atom is 0.0558 e. The highest BCUT2D eigenvalue weighted by Crippen LogP contribution is 2.09. The van der Waals surface area contributed by atoms with Crippen molar-refractivity contribution in [1.82, 2.24) is 10.2 Å². The second kappa shape index (κ2) is 10.4. The van der Waals surface area contributed by atoms with Gasteiger partial charge in [0.25, 0.3) is 0 Å². The summed E-state index contributed by atoms with van der Waals surface area (Å²) in [5, 5.41) is 12.2. The van der Waals surface area contributed by atoms with Gasteiger partial charge in [0.1, 0.15) is 0 Å². The van der Waals surface area contributed by atoms with E-state index in [1.165, 1.54) is 32.2 Å². The number of nitrogens with zero attached hydrogens (tertiary/aromatic N) is 1. The van der Waals surface area contributed by atoms with E-state index >= 15 is 0 Å². The number of hydrogen-bond donors (Lipinski definition) is 2. The lowest BCUT2D eigenvalue weighted by molar-refractivity contribution is 0.211. The van der Waals surface area contributed by atoms with Gasteiger partial charge in [-0.15, -0.1) is 0 Å². The zero-order valence-electron chi connectivity index (χ0n) is 10.6. The molecule has 0 amide bonds. The zero-order chi connectivity index (χ0) is 11.5. The van der Waals surface area contributed by atoms with Gasteiger partial charge in [0.05, 0.1) is 6.61 Å². The first-order valence-corrected chi connectivity index (χ1v) is 6.35. The molecule has 1 atom stereocenters. The van der Waals surface area contributed by atoms with E-state index in [1.807, 2.05) is 13.8 Å². The molecule has 0 aliphatic carbocycles. The summed E-state index contributed by atoms with van der Waals surface area (Å²) in [5.74, 6) is 0. The van der Waals surface area contributed by atoms with Gasteiger partial charge < -0.3 is 15.3 Å². The predicted octanol–water partition coefficient (Wildman–Crippen LogP) is 1.47. The zero-order valence-corrected chi connectivity index (χ0v) is 10.6. The van der Waals surface area contributed by atoms with Crippen molar-refractivity contribution in [3.05, 3.63) is 0 Å². The molecule has 92 valence electrons. The molecule has 0 radical (unpaired) electrons. The molecular formula is C12H28N2O. The van der Waals surface area contributed by atoms with Gasteiger partial charge in [0.15, 0.2) is 0 Å². The van der Waals surface area contributed by atoms with Crippen molar-refractivity contribution in [2.75, 3.05) is 33.3 Å². The topological polar surface area (TPSA) is 35.5 Å². The summed E-state index contributed by atoms with van der Waals surface area (Å²) in [4.78, 5) is 2.19. The molecule has 1 aliphatic heterocycles. The van der Waals surface area contributed by atoms with Crippen molar-refractivity contribution in [2.45, 2.75) is 45.6 Å². The second-order valence-corrected chi connectivity index (χ2v) is 3.96. The highest BCUT2D eigenvalue weighted by Gasteiger charge is 2.12. The van der Waals surface area contributed by atoms with Crippen molar-refractivity contribution in [1.29, 1.82) is 0 Å². The quantitative estimate of drug-likeness (QED) is 0.730. The van der Waals surface area contributed by atoms with E-state index in [2.05, 4.69) is 17.3 Å². The number of piperidine rings is 1. The van der Waals surface area contributed by atoms with E-state index in [4.69, 9.17) is 5.11 Å². The number of likely N-dealkylation sites (N-methyl/N-ethyl adjacent to an activating group) is 1. The van der Waals surface area contributed by atoms with E-state index in [1.54, 1.807) is 0 Å². The molecule has 1 saturated heterocycles. The molecule has 1 aliphatic rings. The molecule has 0 bridgehead atoms. The van der Waals surface area contributed by atoms with Gasteiger partial charge >= 0.3 is 0 Å². The summed E-state index contributed by atoms with van der Waals surface area (Å²) in [6.07, 6.45) is 5.26. The van der Waals surface area contributed by atoms with Gasteiger partial charge in [-0.2, -0.15) is 0 Å². The van der Waals surface area contributed by atoms with Gasteiger partial charge in [0.2, 0.25) is 0 Å². The summed E-state index contributed by atoms with van der Waals surface area (Å²) in [6.45, 7) is 7.36. The number of aliphatic hydroxyl groups is 1. The van der Waals surface area contributed by atoms with Gasteiger partial charge in [-0.25, -0.2) is 0 Å². The average Bonchev–Trinajstić information content (AvgIpc) is 2.31. The Hall–Kier alpha value is -0.120. The van der Waals surface area contributed by atoms with Crippen LogP contribution in [0, 0.1) is 0 Å². The first-order chi connectivity index (χ1) is 7.33. The van der Waals surface area contributed by atoms with Crippen molar-refractivity contribution < 1.29 is 5.11 Å². The van der Waals surface area contributed by atoms with E-state index in [0.717, 1.165) is 19.1 Å². The Morgan fingerprint density at radius 3 is 2.53 bits per heavy atom. The first kappa shape index (κ1) is 14.9. The van der Waals surface area contributed by atoms with Crippen LogP contribution in [0.4, 0.5) is 0 Å². The molecule has 0 aromatic carbocycles. The molecule has 3 heteroatoms. The lowest BCUT2D eigenvalue weighted by Crippen LogP contribution is -2.37. The third kappa shape index (κ3) is 7.77. The largest absolute Gasteiger partial charge is 0.395 e. The summed E-state index contributed by atoms with van der Waals surface area (Å²) in [6, 6.07) is 0.717. The minimum absolute atomic E-state index is 0.272. The molecule has 1 heterocycles. The van der Waals surface area contributed by atoms with Crippen LogP contribution in [0.1, 0.15) is 39.5 Å². The van der Waals surface area contributed by atoms with Crippen LogP contribution in [0.25, 0.3) is 0 Å². The van der Waals surface area contributed by atoms with Crippen molar-refractivity contribution >= 4 is 0 Å². The lowest BCUT2D eigenvalue weighted by atomic mass is 10.0. The Morgan fingerprint density at radius 2 is 2.00 bits per heavy atom. The summed E-state index contributed by atoms with van der Waals surface area (Å²) >= 11 is 0. The molecule has 3 nitrogen and oxygen atoms in total. The van der Waals surface area contributed by atoms with Crippen LogP contribution in [-0.2, 0) is 0 Å². The van der Waals surface area contributed by atoms with Crippen LogP contribution in [0.3, 0.4) is 0 Å². The number of hydrogen-bond acceptors (Lipinski definition) is 3. The normalized spacial score (nSPS) is 21.0. The standard InChI is InChI=1S/C10H22N2O.C2H6/c1-12(8-9-13)7-5-10-4-2-3-6-11-10;1-2/h10-11,13H,2-9H2,1H3;1-2H3. The van der Waals surface area contributed by atoms with E-state index in [0.29, 0.717) is 0 Å². The molecule has 0 aromatic rings. The van der Waals surface area contributed by atoms with Crippen molar-refractivity contribution in [3.63, 3.8) is 0 Å².